The number of aliphatic hydroxyl groups excluding tert-OH is 1. The lowest BCUT2D eigenvalue weighted by Crippen LogP contribution is -2.14. The summed E-state index contributed by atoms with van der Waals surface area (Å²) in [6.07, 6.45) is -0.302. The number of halogens is 2. The molecule has 1 aromatic rings. The lowest BCUT2D eigenvalue weighted by molar-refractivity contribution is 0.160. The molecule has 0 fully saturated rings. The summed E-state index contributed by atoms with van der Waals surface area (Å²) >= 11 is 0. The maximum atomic E-state index is 13.6. The van der Waals surface area contributed by atoms with Crippen molar-refractivity contribution in [1.82, 2.24) is 0 Å². The Balaban J connectivity index is 2.78. The molecule has 0 heterocycles. The van der Waals surface area contributed by atoms with E-state index in [1.165, 1.54) is 0 Å². The maximum absolute atomic E-state index is 13.6. The fourth-order valence-corrected chi connectivity index (χ4v) is 2.53. The van der Waals surface area contributed by atoms with E-state index in [2.05, 4.69) is 0 Å². The molecule has 1 aliphatic carbocycles. The minimum atomic E-state index is -0.750. The van der Waals surface area contributed by atoms with Crippen LogP contribution >= 0.6 is 0 Å². The van der Waals surface area contributed by atoms with Crippen molar-refractivity contribution in [3.8, 4) is 0 Å². The maximum Gasteiger partial charge on any atom is 0.130 e. The number of hydrogen-bond acceptors (Lipinski definition) is 1. The average molecular weight is 212 g/mol. The summed E-state index contributed by atoms with van der Waals surface area (Å²) in [6, 6.07) is 0.911. The van der Waals surface area contributed by atoms with Gasteiger partial charge in [-0.25, -0.2) is 8.78 Å². The number of aliphatic hydroxyl groups is 1. The van der Waals surface area contributed by atoms with Gasteiger partial charge in [-0.2, -0.15) is 0 Å². The lowest BCUT2D eigenvalue weighted by atomic mass is 9.85. The second kappa shape index (κ2) is 3.01. The highest BCUT2D eigenvalue weighted by Gasteiger charge is 2.40. The standard InChI is InChI=1S/C12H14F2O/c1-6-7(13)4-8(14)11-10(6)9(15)5-12(11,2)3/h4,9,15H,5H2,1-3H3/t9-/m1/s1. The zero-order chi connectivity index (χ0) is 11.4. The SMILES string of the molecule is Cc1c(F)cc(F)c2c1[C@H](O)CC2(C)C. The van der Waals surface area contributed by atoms with Gasteiger partial charge < -0.3 is 5.11 Å². The summed E-state index contributed by atoms with van der Waals surface area (Å²) in [5.41, 5.74) is 0.855. The van der Waals surface area contributed by atoms with E-state index in [9.17, 15) is 13.9 Å². The average Bonchev–Trinajstić information content (AvgIpc) is 2.32. The van der Waals surface area contributed by atoms with Crippen molar-refractivity contribution in [1.29, 1.82) is 0 Å². The molecule has 82 valence electrons. The molecule has 2 rings (SSSR count). The normalized spacial score (nSPS) is 22.9. The van der Waals surface area contributed by atoms with Crippen molar-refractivity contribution >= 4 is 0 Å². The van der Waals surface area contributed by atoms with Crippen LogP contribution in [0.3, 0.4) is 0 Å². The van der Waals surface area contributed by atoms with E-state index in [1.807, 2.05) is 13.8 Å². The van der Waals surface area contributed by atoms with Gasteiger partial charge in [0, 0.05) is 6.07 Å². The van der Waals surface area contributed by atoms with Crippen LogP contribution in [0.4, 0.5) is 8.78 Å². The van der Waals surface area contributed by atoms with Crippen LogP contribution in [0.25, 0.3) is 0 Å². The first-order valence-corrected chi connectivity index (χ1v) is 5.01. The molecule has 0 radical (unpaired) electrons. The van der Waals surface area contributed by atoms with Gasteiger partial charge in [0.15, 0.2) is 0 Å². The molecule has 0 saturated carbocycles. The molecular weight excluding hydrogens is 198 g/mol. The molecule has 1 N–H and O–H groups in total. The van der Waals surface area contributed by atoms with Gasteiger partial charge in [0.05, 0.1) is 6.10 Å². The first-order chi connectivity index (χ1) is 6.84. The van der Waals surface area contributed by atoms with Gasteiger partial charge in [0.2, 0.25) is 0 Å². The molecule has 0 amide bonds. The Hall–Kier alpha value is -0.960. The smallest absolute Gasteiger partial charge is 0.130 e. The predicted octanol–water partition coefficient (Wildman–Crippen LogP) is 2.99. The fourth-order valence-electron chi connectivity index (χ4n) is 2.53. The van der Waals surface area contributed by atoms with E-state index in [0.717, 1.165) is 6.07 Å². The van der Waals surface area contributed by atoms with Gasteiger partial charge in [-0.05, 0) is 35.4 Å². The van der Waals surface area contributed by atoms with Crippen molar-refractivity contribution < 1.29 is 13.9 Å². The number of fused-ring (bicyclic) bond motifs is 1. The minimum absolute atomic E-state index is 0.365. The molecule has 3 heteroatoms. The van der Waals surface area contributed by atoms with Crippen LogP contribution in [-0.2, 0) is 5.41 Å². The van der Waals surface area contributed by atoms with Crippen LogP contribution in [0.2, 0.25) is 0 Å². The molecule has 0 unspecified atom stereocenters. The van der Waals surface area contributed by atoms with Crippen LogP contribution in [0, 0.1) is 18.6 Å². The summed E-state index contributed by atoms with van der Waals surface area (Å²) in [7, 11) is 0. The second-order valence-electron chi connectivity index (χ2n) is 4.86. The third kappa shape index (κ3) is 1.37. The van der Waals surface area contributed by atoms with Crippen molar-refractivity contribution in [2.45, 2.75) is 38.7 Å². The Labute approximate surface area is 87.7 Å². The quantitative estimate of drug-likeness (QED) is 0.701. The Morgan fingerprint density at radius 3 is 2.53 bits per heavy atom. The fraction of sp³-hybridized carbons (Fsp3) is 0.500. The molecule has 1 aliphatic rings. The van der Waals surface area contributed by atoms with Gasteiger partial charge in [-0.15, -0.1) is 0 Å². The summed E-state index contributed by atoms with van der Waals surface area (Å²) in [5, 5.41) is 9.81. The predicted molar refractivity (Wildman–Crippen MR) is 53.7 cm³/mol. The minimum Gasteiger partial charge on any atom is -0.388 e. The van der Waals surface area contributed by atoms with Crippen LogP contribution in [0.5, 0.6) is 0 Å². The Bertz CT molecular complexity index is 424. The number of hydrogen-bond donors (Lipinski definition) is 1. The summed E-state index contributed by atoms with van der Waals surface area (Å²) < 4.78 is 27.0. The number of benzene rings is 1. The van der Waals surface area contributed by atoms with Crippen molar-refractivity contribution in [2.75, 3.05) is 0 Å². The first kappa shape index (κ1) is 10.6. The van der Waals surface area contributed by atoms with Gasteiger partial charge >= 0.3 is 0 Å². The van der Waals surface area contributed by atoms with Gasteiger partial charge in [0.25, 0.3) is 0 Å². The van der Waals surface area contributed by atoms with Gasteiger partial charge in [-0.1, -0.05) is 13.8 Å². The topological polar surface area (TPSA) is 20.2 Å². The third-order valence-electron chi connectivity index (χ3n) is 3.24. The Kier molecular flexibility index (Phi) is 2.12. The van der Waals surface area contributed by atoms with Gasteiger partial charge in [-0.3, -0.25) is 0 Å². The van der Waals surface area contributed by atoms with E-state index < -0.39 is 23.2 Å². The summed E-state index contributed by atoms with van der Waals surface area (Å²) in [4.78, 5) is 0. The van der Waals surface area contributed by atoms with Gasteiger partial charge in [0.1, 0.15) is 11.6 Å². The zero-order valence-corrected chi connectivity index (χ0v) is 9.06. The molecule has 0 bridgehead atoms. The molecular formula is C12H14F2O. The Morgan fingerprint density at radius 1 is 1.33 bits per heavy atom. The van der Waals surface area contributed by atoms with E-state index >= 15 is 0 Å². The largest absolute Gasteiger partial charge is 0.388 e. The summed E-state index contributed by atoms with van der Waals surface area (Å²) in [5.74, 6) is -1.13. The monoisotopic (exact) mass is 212 g/mol. The molecule has 0 aliphatic heterocycles. The highest BCUT2D eigenvalue weighted by Crippen LogP contribution is 2.47. The molecule has 15 heavy (non-hydrogen) atoms. The Morgan fingerprint density at radius 2 is 1.93 bits per heavy atom. The van der Waals surface area contributed by atoms with E-state index in [1.54, 1.807) is 6.92 Å². The molecule has 1 aromatic carbocycles. The van der Waals surface area contributed by atoms with E-state index in [-0.39, 0.29) is 0 Å². The zero-order valence-electron chi connectivity index (χ0n) is 9.06. The second-order valence-corrected chi connectivity index (χ2v) is 4.86. The molecule has 1 nitrogen and oxygen atoms in total. The lowest BCUT2D eigenvalue weighted by Gasteiger charge is -2.19. The third-order valence-corrected chi connectivity index (χ3v) is 3.24. The molecule has 0 saturated heterocycles. The molecule has 1 atom stereocenters. The van der Waals surface area contributed by atoms with Crippen LogP contribution < -0.4 is 0 Å². The first-order valence-electron chi connectivity index (χ1n) is 5.01. The summed E-state index contributed by atoms with van der Waals surface area (Å²) in [6.45, 7) is 5.31. The highest BCUT2D eigenvalue weighted by atomic mass is 19.1. The molecule has 0 aromatic heterocycles. The molecule has 0 spiro atoms. The number of rotatable bonds is 0. The van der Waals surface area contributed by atoms with Crippen molar-refractivity contribution in [3.05, 3.63) is 34.4 Å². The van der Waals surface area contributed by atoms with Crippen molar-refractivity contribution in [2.24, 2.45) is 0 Å². The van der Waals surface area contributed by atoms with Crippen LogP contribution in [0.15, 0.2) is 6.07 Å². The highest BCUT2D eigenvalue weighted by molar-refractivity contribution is 5.46. The van der Waals surface area contributed by atoms with Crippen LogP contribution in [-0.4, -0.2) is 5.11 Å². The van der Waals surface area contributed by atoms with E-state index in [0.29, 0.717) is 23.1 Å². The van der Waals surface area contributed by atoms with Crippen molar-refractivity contribution in [3.63, 3.8) is 0 Å². The van der Waals surface area contributed by atoms with E-state index in [4.69, 9.17) is 0 Å². The van der Waals surface area contributed by atoms with Crippen LogP contribution in [0.1, 0.15) is 43.1 Å².